The van der Waals surface area contributed by atoms with Gasteiger partial charge < -0.3 is 14.8 Å². The second-order valence-electron chi connectivity index (χ2n) is 7.00. The molecule has 1 aliphatic heterocycles. The van der Waals surface area contributed by atoms with Gasteiger partial charge in [0.05, 0.1) is 0 Å². The molecule has 1 heterocycles. The van der Waals surface area contributed by atoms with E-state index in [0.717, 1.165) is 16.5 Å². The van der Waals surface area contributed by atoms with Crippen LogP contribution in [-0.2, 0) is 21.4 Å². The Kier molecular flexibility index (Phi) is 6.56. The Morgan fingerprint density at radius 2 is 1.83 bits per heavy atom. The van der Waals surface area contributed by atoms with Gasteiger partial charge in [0.25, 0.3) is 0 Å². The zero-order valence-corrected chi connectivity index (χ0v) is 17.1. The number of ether oxygens (including phenoxy) is 2. The fourth-order valence-electron chi connectivity index (χ4n) is 2.79. The molecule has 0 radical (unpaired) electrons. The SMILES string of the molecule is CC(C)C(NS(=O)(=O)C=Cc1ccccc1)C(=O)NCc1ccc2c(c1)OCO2. The maximum atomic E-state index is 12.6. The van der Waals surface area contributed by atoms with Crippen LogP contribution < -0.4 is 19.5 Å². The third kappa shape index (κ3) is 5.82. The van der Waals surface area contributed by atoms with Gasteiger partial charge in [0.2, 0.25) is 22.7 Å². The number of sulfonamides is 1. The van der Waals surface area contributed by atoms with Gasteiger partial charge in [0, 0.05) is 12.0 Å². The molecule has 29 heavy (non-hydrogen) atoms. The van der Waals surface area contributed by atoms with E-state index in [-0.39, 0.29) is 19.3 Å². The van der Waals surface area contributed by atoms with Crippen molar-refractivity contribution in [2.45, 2.75) is 26.4 Å². The fraction of sp³-hybridized carbons (Fsp3) is 0.286. The van der Waals surface area contributed by atoms with Crippen LogP contribution in [0, 0.1) is 5.92 Å². The van der Waals surface area contributed by atoms with E-state index in [1.54, 1.807) is 38.1 Å². The van der Waals surface area contributed by atoms with Crippen molar-refractivity contribution in [3.05, 3.63) is 65.1 Å². The number of hydrogen-bond donors (Lipinski definition) is 2. The number of rotatable bonds is 8. The molecule has 0 bridgehead atoms. The van der Waals surface area contributed by atoms with E-state index in [1.165, 1.54) is 6.08 Å². The highest BCUT2D eigenvalue weighted by Crippen LogP contribution is 2.32. The van der Waals surface area contributed by atoms with Gasteiger partial charge in [-0.05, 0) is 35.3 Å². The minimum atomic E-state index is -3.79. The summed E-state index contributed by atoms with van der Waals surface area (Å²) in [4.78, 5) is 12.6. The molecule has 0 saturated heterocycles. The van der Waals surface area contributed by atoms with Crippen LogP contribution in [0.2, 0.25) is 0 Å². The summed E-state index contributed by atoms with van der Waals surface area (Å²) in [5, 5.41) is 3.85. The molecule has 1 unspecified atom stereocenters. The highest BCUT2D eigenvalue weighted by molar-refractivity contribution is 7.92. The van der Waals surface area contributed by atoms with Crippen molar-refractivity contribution in [2.24, 2.45) is 5.92 Å². The average Bonchev–Trinajstić information content (AvgIpc) is 3.17. The van der Waals surface area contributed by atoms with E-state index < -0.39 is 22.0 Å². The maximum Gasteiger partial charge on any atom is 0.238 e. The Balaban J connectivity index is 1.62. The molecule has 0 aromatic heterocycles. The Morgan fingerprint density at radius 3 is 2.55 bits per heavy atom. The van der Waals surface area contributed by atoms with Crippen molar-refractivity contribution in [1.29, 1.82) is 0 Å². The van der Waals surface area contributed by atoms with Crippen molar-refractivity contribution in [1.82, 2.24) is 10.0 Å². The highest BCUT2D eigenvalue weighted by Gasteiger charge is 2.26. The third-order valence-corrected chi connectivity index (χ3v) is 5.46. The quantitative estimate of drug-likeness (QED) is 0.690. The van der Waals surface area contributed by atoms with Gasteiger partial charge in [-0.25, -0.2) is 8.42 Å². The van der Waals surface area contributed by atoms with Crippen molar-refractivity contribution in [3.63, 3.8) is 0 Å². The smallest absolute Gasteiger partial charge is 0.238 e. The van der Waals surface area contributed by atoms with Crippen LogP contribution in [0.5, 0.6) is 11.5 Å². The largest absolute Gasteiger partial charge is 0.454 e. The molecule has 154 valence electrons. The topological polar surface area (TPSA) is 93.7 Å². The number of hydrogen-bond acceptors (Lipinski definition) is 5. The second-order valence-corrected chi connectivity index (χ2v) is 8.60. The Morgan fingerprint density at radius 1 is 1.10 bits per heavy atom. The number of carbonyl (C=O) groups excluding carboxylic acids is 1. The molecule has 0 aliphatic carbocycles. The van der Waals surface area contributed by atoms with Crippen LogP contribution in [0.3, 0.4) is 0 Å². The molecule has 3 rings (SSSR count). The lowest BCUT2D eigenvalue weighted by molar-refractivity contribution is -0.123. The Hall–Kier alpha value is -2.84. The highest BCUT2D eigenvalue weighted by atomic mass is 32.2. The van der Waals surface area contributed by atoms with E-state index in [1.807, 2.05) is 24.3 Å². The molecule has 2 aromatic carbocycles. The zero-order valence-electron chi connectivity index (χ0n) is 16.3. The van der Waals surface area contributed by atoms with Crippen LogP contribution in [0.4, 0.5) is 0 Å². The van der Waals surface area contributed by atoms with Crippen LogP contribution in [0.25, 0.3) is 6.08 Å². The van der Waals surface area contributed by atoms with Gasteiger partial charge in [-0.2, -0.15) is 4.72 Å². The lowest BCUT2D eigenvalue weighted by atomic mass is 10.0. The molecule has 0 fully saturated rings. The average molecular weight is 416 g/mol. The summed E-state index contributed by atoms with van der Waals surface area (Å²) in [5.41, 5.74) is 1.59. The standard InChI is InChI=1S/C21H24N2O5S/c1-15(2)20(23-29(25,26)11-10-16-6-4-3-5-7-16)21(24)22-13-17-8-9-18-19(12-17)28-14-27-18/h3-12,15,20,23H,13-14H2,1-2H3,(H,22,24). The zero-order chi connectivity index (χ0) is 20.9. The van der Waals surface area contributed by atoms with Crippen LogP contribution in [0.1, 0.15) is 25.0 Å². The van der Waals surface area contributed by atoms with Gasteiger partial charge >= 0.3 is 0 Å². The van der Waals surface area contributed by atoms with Gasteiger partial charge in [0.1, 0.15) is 6.04 Å². The minimum absolute atomic E-state index is 0.179. The van der Waals surface area contributed by atoms with E-state index in [0.29, 0.717) is 11.5 Å². The first kappa shape index (κ1) is 20.9. The summed E-state index contributed by atoms with van der Waals surface area (Å²) in [5.74, 6) is 0.669. The molecule has 1 atom stereocenters. The van der Waals surface area contributed by atoms with Crippen LogP contribution in [-0.4, -0.2) is 27.2 Å². The van der Waals surface area contributed by atoms with Crippen LogP contribution >= 0.6 is 0 Å². The number of benzene rings is 2. The van der Waals surface area contributed by atoms with E-state index in [2.05, 4.69) is 10.0 Å². The second kappa shape index (κ2) is 9.11. The predicted octanol–water partition coefficient (Wildman–Crippen LogP) is 2.65. The summed E-state index contributed by atoms with van der Waals surface area (Å²) in [6, 6.07) is 13.6. The maximum absolute atomic E-state index is 12.6. The fourth-order valence-corrected chi connectivity index (χ4v) is 3.94. The lowest BCUT2D eigenvalue weighted by Gasteiger charge is -2.20. The number of nitrogens with one attached hydrogen (secondary N) is 2. The minimum Gasteiger partial charge on any atom is -0.454 e. The monoisotopic (exact) mass is 416 g/mol. The van der Waals surface area contributed by atoms with Gasteiger partial charge in [0.15, 0.2) is 11.5 Å². The molecule has 2 aromatic rings. The van der Waals surface area contributed by atoms with Crippen molar-refractivity contribution in [2.75, 3.05) is 6.79 Å². The molecule has 1 amide bonds. The predicted molar refractivity (Wildman–Crippen MR) is 111 cm³/mol. The van der Waals surface area contributed by atoms with Gasteiger partial charge in [-0.3, -0.25) is 4.79 Å². The van der Waals surface area contributed by atoms with E-state index >= 15 is 0 Å². The summed E-state index contributed by atoms with van der Waals surface area (Å²) in [6.45, 7) is 4.00. The van der Waals surface area contributed by atoms with E-state index in [4.69, 9.17) is 9.47 Å². The number of amides is 1. The van der Waals surface area contributed by atoms with Crippen LogP contribution in [0.15, 0.2) is 53.9 Å². The molecule has 1 aliphatic rings. The molecule has 0 saturated carbocycles. The lowest BCUT2D eigenvalue weighted by Crippen LogP contribution is -2.48. The summed E-state index contributed by atoms with van der Waals surface area (Å²) in [7, 11) is -3.79. The number of carbonyl (C=O) groups is 1. The van der Waals surface area contributed by atoms with Crippen molar-refractivity contribution >= 4 is 22.0 Å². The Bertz CT molecular complexity index is 987. The molecule has 2 N–H and O–H groups in total. The van der Waals surface area contributed by atoms with Crippen molar-refractivity contribution in [3.8, 4) is 11.5 Å². The first-order valence-electron chi connectivity index (χ1n) is 9.26. The molecule has 0 spiro atoms. The molecular formula is C21H24N2O5S. The van der Waals surface area contributed by atoms with Crippen molar-refractivity contribution < 1.29 is 22.7 Å². The molecule has 8 heteroatoms. The molecule has 7 nitrogen and oxygen atoms in total. The first-order valence-corrected chi connectivity index (χ1v) is 10.8. The summed E-state index contributed by atoms with van der Waals surface area (Å²) in [6.07, 6.45) is 1.49. The Labute approximate surface area is 170 Å². The third-order valence-electron chi connectivity index (χ3n) is 4.38. The number of fused-ring (bicyclic) bond motifs is 1. The normalized spacial score (nSPS) is 14.3. The van der Waals surface area contributed by atoms with Gasteiger partial charge in [-0.1, -0.05) is 50.2 Å². The summed E-state index contributed by atoms with van der Waals surface area (Å²) < 4.78 is 37.9. The van der Waals surface area contributed by atoms with Gasteiger partial charge in [-0.15, -0.1) is 0 Å². The molecular weight excluding hydrogens is 392 g/mol. The first-order chi connectivity index (χ1) is 13.8. The summed E-state index contributed by atoms with van der Waals surface area (Å²) >= 11 is 0. The van der Waals surface area contributed by atoms with E-state index in [9.17, 15) is 13.2 Å².